The van der Waals surface area contributed by atoms with Crippen LogP contribution >= 0.6 is 0 Å². The number of fused-ring (bicyclic) bond motifs is 1. The topological polar surface area (TPSA) is 104 Å². The van der Waals surface area contributed by atoms with Gasteiger partial charge in [0.1, 0.15) is 6.04 Å². The number of carbonyl (C=O) groups excluding carboxylic acids is 2. The second-order valence-corrected chi connectivity index (χ2v) is 6.70. The zero-order chi connectivity index (χ0) is 20.2. The molecule has 3 heterocycles. The molecule has 3 aromatic rings. The molecule has 1 aromatic carbocycles. The molecule has 1 atom stereocenters. The molecule has 1 aliphatic heterocycles. The van der Waals surface area contributed by atoms with Gasteiger partial charge in [-0.2, -0.15) is 10.4 Å². The Kier molecular flexibility index (Phi) is 5.03. The van der Waals surface area contributed by atoms with Gasteiger partial charge >= 0.3 is 0 Å². The Bertz CT molecular complexity index is 1090. The van der Waals surface area contributed by atoms with Crippen LogP contribution in [-0.4, -0.2) is 38.0 Å². The Balaban J connectivity index is 1.53. The molecule has 0 unspecified atom stereocenters. The number of amides is 2. The van der Waals surface area contributed by atoms with Crippen LogP contribution in [0.3, 0.4) is 0 Å². The van der Waals surface area contributed by atoms with E-state index in [0.29, 0.717) is 24.2 Å². The van der Waals surface area contributed by atoms with Gasteiger partial charge < -0.3 is 10.2 Å². The first-order valence-electron chi connectivity index (χ1n) is 9.15. The third-order valence-corrected chi connectivity index (χ3v) is 4.79. The van der Waals surface area contributed by atoms with Crippen molar-refractivity contribution in [2.75, 3.05) is 6.54 Å². The summed E-state index contributed by atoms with van der Waals surface area (Å²) in [6, 6.07) is 15.3. The van der Waals surface area contributed by atoms with Gasteiger partial charge in [-0.25, -0.2) is 0 Å². The first kappa shape index (κ1) is 18.4. The third-order valence-electron chi connectivity index (χ3n) is 4.79. The summed E-state index contributed by atoms with van der Waals surface area (Å²) in [5.74, 6) is -0.457. The molecule has 144 valence electrons. The lowest BCUT2D eigenvalue weighted by atomic mass is 10.1. The van der Waals surface area contributed by atoms with Crippen molar-refractivity contribution in [2.45, 2.75) is 19.1 Å². The lowest BCUT2D eigenvalue weighted by molar-refractivity contribution is -0.125. The Morgan fingerprint density at radius 2 is 2.07 bits per heavy atom. The fourth-order valence-corrected chi connectivity index (χ4v) is 3.34. The van der Waals surface area contributed by atoms with E-state index < -0.39 is 6.04 Å². The second-order valence-electron chi connectivity index (χ2n) is 6.70. The van der Waals surface area contributed by atoms with E-state index >= 15 is 0 Å². The summed E-state index contributed by atoms with van der Waals surface area (Å²) in [7, 11) is 0. The first-order chi connectivity index (χ1) is 14.2. The van der Waals surface area contributed by atoms with Crippen molar-refractivity contribution >= 4 is 11.8 Å². The summed E-state index contributed by atoms with van der Waals surface area (Å²) in [5, 5.41) is 16.2. The summed E-state index contributed by atoms with van der Waals surface area (Å²) in [6.07, 6.45) is 3.29. The van der Waals surface area contributed by atoms with Crippen molar-refractivity contribution in [1.29, 1.82) is 5.26 Å². The quantitative estimate of drug-likeness (QED) is 0.734. The molecule has 0 aliphatic carbocycles. The minimum Gasteiger partial charge on any atom is -0.349 e. The average molecular weight is 386 g/mol. The van der Waals surface area contributed by atoms with Gasteiger partial charge in [-0.1, -0.05) is 12.1 Å². The summed E-state index contributed by atoms with van der Waals surface area (Å²) in [4.78, 5) is 31.7. The molecule has 2 amide bonds. The van der Waals surface area contributed by atoms with Gasteiger partial charge in [0.15, 0.2) is 0 Å². The number of nitriles is 1. The number of aromatic nitrogens is 3. The monoisotopic (exact) mass is 386 g/mol. The maximum absolute atomic E-state index is 13.0. The second kappa shape index (κ2) is 7.94. The third kappa shape index (κ3) is 3.84. The molecular formula is C21H18N6O2. The molecule has 8 nitrogen and oxygen atoms in total. The average Bonchev–Trinajstić information content (AvgIpc) is 3.25. The number of nitrogens with zero attached hydrogens (tertiary/aromatic N) is 5. The van der Waals surface area contributed by atoms with Crippen LogP contribution in [0.5, 0.6) is 0 Å². The minimum absolute atomic E-state index is 0.193. The summed E-state index contributed by atoms with van der Waals surface area (Å²) in [5.41, 5.74) is 2.37. The molecule has 0 saturated heterocycles. The van der Waals surface area contributed by atoms with Crippen LogP contribution < -0.4 is 5.32 Å². The van der Waals surface area contributed by atoms with E-state index in [4.69, 9.17) is 5.26 Å². The van der Waals surface area contributed by atoms with Gasteiger partial charge in [0.2, 0.25) is 5.91 Å². The maximum Gasteiger partial charge on any atom is 0.254 e. The van der Waals surface area contributed by atoms with E-state index in [9.17, 15) is 9.59 Å². The van der Waals surface area contributed by atoms with Gasteiger partial charge in [-0.15, -0.1) is 0 Å². The molecule has 1 aliphatic rings. The molecule has 0 fully saturated rings. The van der Waals surface area contributed by atoms with Crippen molar-refractivity contribution < 1.29 is 9.59 Å². The van der Waals surface area contributed by atoms with Crippen LogP contribution in [0.15, 0.2) is 60.9 Å². The molecule has 4 rings (SSSR count). The van der Waals surface area contributed by atoms with Gasteiger partial charge in [0.05, 0.1) is 42.7 Å². The van der Waals surface area contributed by atoms with Crippen molar-refractivity contribution in [3.8, 4) is 6.07 Å². The standard InChI is InChI=1S/C21H18N6O2/c22-11-15-4-3-5-16(10-15)21(29)26-13-18-7-9-25-27(18)19(14-26)20(28)24-12-17-6-1-2-8-23-17/h1-10,19H,12-14H2,(H,24,28)/t19-/m1/s1. The largest absolute Gasteiger partial charge is 0.349 e. The molecule has 29 heavy (non-hydrogen) atoms. The molecular weight excluding hydrogens is 368 g/mol. The zero-order valence-electron chi connectivity index (χ0n) is 15.5. The van der Waals surface area contributed by atoms with E-state index in [0.717, 1.165) is 11.4 Å². The smallest absolute Gasteiger partial charge is 0.254 e. The summed E-state index contributed by atoms with van der Waals surface area (Å²) in [6.45, 7) is 0.836. The minimum atomic E-state index is -0.638. The first-order valence-corrected chi connectivity index (χ1v) is 9.15. The fraction of sp³-hybridized carbons (Fsp3) is 0.190. The van der Waals surface area contributed by atoms with Crippen molar-refractivity contribution in [3.63, 3.8) is 0 Å². The van der Waals surface area contributed by atoms with Crippen LogP contribution in [0, 0.1) is 11.3 Å². The van der Waals surface area contributed by atoms with Gasteiger partial charge in [-0.05, 0) is 36.4 Å². The molecule has 1 N–H and O–H groups in total. The van der Waals surface area contributed by atoms with E-state index in [-0.39, 0.29) is 18.4 Å². The normalized spacial score (nSPS) is 15.3. The number of nitrogens with one attached hydrogen (secondary N) is 1. The zero-order valence-corrected chi connectivity index (χ0v) is 15.5. The molecule has 8 heteroatoms. The van der Waals surface area contributed by atoms with Crippen molar-refractivity contribution in [3.05, 3.63) is 83.4 Å². The molecule has 0 bridgehead atoms. The fourth-order valence-electron chi connectivity index (χ4n) is 3.34. The number of hydrogen-bond acceptors (Lipinski definition) is 5. The highest BCUT2D eigenvalue weighted by Crippen LogP contribution is 2.22. The number of pyridine rings is 1. The summed E-state index contributed by atoms with van der Waals surface area (Å²) >= 11 is 0. The van der Waals surface area contributed by atoms with Gasteiger partial charge in [-0.3, -0.25) is 19.3 Å². The predicted molar refractivity (Wildman–Crippen MR) is 103 cm³/mol. The molecule has 2 aromatic heterocycles. The van der Waals surface area contributed by atoms with E-state index in [1.54, 1.807) is 52.3 Å². The Labute approximate surface area is 167 Å². The van der Waals surface area contributed by atoms with Crippen LogP contribution in [0.2, 0.25) is 0 Å². The van der Waals surface area contributed by atoms with Crippen LogP contribution in [-0.2, 0) is 17.9 Å². The lowest BCUT2D eigenvalue weighted by Gasteiger charge is -2.33. The Morgan fingerprint density at radius 1 is 1.17 bits per heavy atom. The van der Waals surface area contributed by atoms with Gasteiger partial charge in [0.25, 0.3) is 5.91 Å². The van der Waals surface area contributed by atoms with Gasteiger partial charge in [0, 0.05) is 18.0 Å². The van der Waals surface area contributed by atoms with E-state index in [2.05, 4.69) is 15.4 Å². The SMILES string of the molecule is N#Cc1cccc(C(=O)N2Cc3ccnn3[C@@H](C(=O)NCc3ccccn3)C2)c1. The lowest BCUT2D eigenvalue weighted by Crippen LogP contribution is -2.47. The number of hydrogen-bond donors (Lipinski definition) is 1. The maximum atomic E-state index is 13.0. The summed E-state index contributed by atoms with van der Waals surface area (Å²) < 4.78 is 1.66. The number of carbonyl (C=O) groups is 2. The Morgan fingerprint density at radius 3 is 2.86 bits per heavy atom. The van der Waals surface area contributed by atoms with E-state index in [1.807, 2.05) is 24.3 Å². The predicted octanol–water partition coefficient (Wildman–Crippen LogP) is 1.66. The highest BCUT2D eigenvalue weighted by atomic mass is 16.2. The highest BCUT2D eigenvalue weighted by Gasteiger charge is 2.33. The Hall–Kier alpha value is -3.99. The van der Waals surface area contributed by atoms with Crippen LogP contribution in [0.25, 0.3) is 0 Å². The molecule has 0 radical (unpaired) electrons. The highest BCUT2D eigenvalue weighted by molar-refractivity contribution is 5.95. The van der Waals surface area contributed by atoms with E-state index in [1.165, 1.54) is 0 Å². The number of benzene rings is 1. The number of rotatable bonds is 4. The van der Waals surface area contributed by atoms with Crippen LogP contribution in [0.1, 0.15) is 33.4 Å². The van der Waals surface area contributed by atoms with Crippen molar-refractivity contribution in [1.82, 2.24) is 25.0 Å². The molecule has 0 spiro atoms. The molecule has 0 saturated carbocycles. The van der Waals surface area contributed by atoms with Crippen molar-refractivity contribution in [2.24, 2.45) is 0 Å². The van der Waals surface area contributed by atoms with Crippen LogP contribution in [0.4, 0.5) is 0 Å².